The first-order valence-electron chi connectivity index (χ1n) is 8.21. The van der Waals surface area contributed by atoms with Crippen LogP contribution in [0.25, 0.3) is 0 Å². The molecule has 1 fully saturated rings. The van der Waals surface area contributed by atoms with Gasteiger partial charge in [-0.3, -0.25) is 4.99 Å². The number of aliphatic imine (C=N–C) groups is 1. The fourth-order valence-electron chi connectivity index (χ4n) is 2.52. The van der Waals surface area contributed by atoms with E-state index < -0.39 is 0 Å². The van der Waals surface area contributed by atoms with Gasteiger partial charge in [-0.2, -0.15) is 0 Å². The van der Waals surface area contributed by atoms with Crippen molar-refractivity contribution in [1.82, 2.24) is 10.6 Å². The summed E-state index contributed by atoms with van der Waals surface area (Å²) < 4.78 is 11.0. The molecule has 0 aromatic rings. The summed E-state index contributed by atoms with van der Waals surface area (Å²) in [5.74, 6) is 0.875. The average molecular weight is 299 g/mol. The van der Waals surface area contributed by atoms with Gasteiger partial charge in [0.05, 0.1) is 19.3 Å². The monoisotopic (exact) mass is 299 g/mol. The van der Waals surface area contributed by atoms with Gasteiger partial charge in [0.25, 0.3) is 0 Å². The van der Waals surface area contributed by atoms with Crippen LogP contribution in [0, 0.1) is 5.41 Å². The molecule has 1 aliphatic rings. The lowest BCUT2D eigenvalue weighted by atomic mass is 9.64. The van der Waals surface area contributed by atoms with Crippen LogP contribution < -0.4 is 10.6 Å². The lowest BCUT2D eigenvalue weighted by Gasteiger charge is -2.52. The smallest absolute Gasteiger partial charge is 0.191 e. The predicted octanol–water partition coefficient (Wildman–Crippen LogP) is 2.17. The van der Waals surface area contributed by atoms with Crippen molar-refractivity contribution in [1.29, 1.82) is 0 Å². The second kappa shape index (κ2) is 9.26. The molecule has 1 aliphatic carbocycles. The summed E-state index contributed by atoms with van der Waals surface area (Å²) in [6.07, 6.45) is 3.73. The maximum Gasteiger partial charge on any atom is 0.191 e. The lowest BCUT2D eigenvalue weighted by Crippen LogP contribution is -2.63. The molecule has 0 spiro atoms. The van der Waals surface area contributed by atoms with E-state index in [2.05, 4.69) is 43.3 Å². The Balaban J connectivity index is 2.44. The Hall–Kier alpha value is -0.810. The normalized spacial score (nSPS) is 24.5. The molecule has 21 heavy (non-hydrogen) atoms. The predicted molar refractivity (Wildman–Crippen MR) is 87.8 cm³/mol. The molecule has 0 amide bonds. The topological polar surface area (TPSA) is 54.9 Å². The highest BCUT2D eigenvalue weighted by molar-refractivity contribution is 5.80. The van der Waals surface area contributed by atoms with Crippen LogP contribution in [0.2, 0.25) is 0 Å². The van der Waals surface area contributed by atoms with Crippen LogP contribution in [0.1, 0.15) is 47.0 Å². The van der Waals surface area contributed by atoms with Crippen molar-refractivity contribution in [2.45, 2.75) is 59.1 Å². The second-order valence-corrected chi connectivity index (χ2v) is 6.22. The summed E-state index contributed by atoms with van der Waals surface area (Å²) in [5, 5.41) is 6.82. The maximum atomic E-state index is 5.98. The zero-order valence-electron chi connectivity index (χ0n) is 14.4. The molecule has 2 atom stereocenters. The van der Waals surface area contributed by atoms with Crippen molar-refractivity contribution in [3.05, 3.63) is 0 Å². The minimum atomic E-state index is 0.144. The first kappa shape index (κ1) is 18.2. The van der Waals surface area contributed by atoms with E-state index in [0.29, 0.717) is 25.3 Å². The molecule has 0 saturated heterocycles. The molecule has 124 valence electrons. The fourth-order valence-corrected chi connectivity index (χ4v) is 2.52. The Morgan fingerprint density at radius 1 is 1.29 bits per heavy atom. The van der Waals surface area contributed by atoms with E-state index in [1.807, 2.05) is 0 Å². The highest BCUT2D eigenvalue weighted by atomic mass is 16.5. The van der Waals surface area contributed by atoms with Crippen molar-refractivity contribution in [3.8, 4) is 0 Å². The number of guanidine groups is 1. The summed E-state index contributed by atoms with van der Waals surface area (Å²) in [7, 11) is 1.70. The molecule has 5 heteroatoms. The molecular weight excluding hydrogens is 266 g/mol. The van der Waals surface area contributed by atoms with Gasteiger partial charge in [-0.1, -0.05) is 27.2 Å². The third-order valence-electron chi connectivity index (χ3n) is 4.22. The molecule has 5 nitrogen and oxygen atoms in total. The summed E-state index contributed by atoms with van der Waals surface area (Å²) in [5.41, 5.74) is 0.144. The van der Waals surface area contributed by atoms with Crippen molar-refractivity contribution in [2.24, 2.45) is 10.4 Å². The zero-order chi connectivity index (χ0) is 15.7. The van der Waals surface area contributed by atoms with Gasteiger partial charge in [0.15, 0.2) is 5.96 Å². The first-order valence-corrected chi connectivity index (χ1v) is 8.21. The van der Waals surface area contributed by atoms with Crippen LogP contribution in [-0.2, 0) is 9.47 Å². The van der Waals surface area contributed by atoms with Crippen molar-refractivity contribution >= 4 is 5.96 Å². The van der Waals surface area contributed by atoms with E-state index in [9.17, 15) is 0 Å². The van der Waals surface area contributed by atoms with Crippen molar-refractivity contribution in [3.63, 3.8) is 0 Å². The largest absolute Gasteiger partial charge is 0.383 e. The van der Waals surface area contributed by atoms with E-state index >= 15 is 0 Å². The van der Waals surface area contributed by atoms with Gasteiger partial charge in [-0.15, -0.1) is 0 Å². The fraction of sp³-hybridized carbons (Fsp3) is 0.938. The standard InChI is InChI=1S/C16H33N3O2/c1-6-8-10-21-14-12-13(16(14,3)4)19-15(17-7-2)18-9-11-20-5/h13-14H,6-12H2,1-5H3,(H2,17,18,19). The maximum absolute atomic E-state index is 5.98. The SMILES string of the molecule is CCCCOC1CC(NC(=NCCOC)NCC)C1(C)C. The lowest BCUT2D eigenvalue weighted by molar-refractivity contribution is -0.113. The molecule has 0 radical (unpaired) electrons. The van der Waals surface area contributed by atoms with Crippen LogP contribution in [0.15, 0.2) is 4.99 Å². The zero-order valence-corrected chi connectivity index (χ0v) is 14.4. The highest BCUT2D eigenvalue weighted by Gasteiger charge is 2.49. The van der Waals surface area contributed by atoms with Gasteiger partial charge in [-0.25, -0.2) is 0 Å². The molecule has 1 rings (SSSR count). The van der Waals surface area contributed by atoms with Gasteiger partial charge in [0, 0.05) is 31.7 Å². The Kier molecular flexibility index (Phi) is 8.04. The number of methoxy groups -OCH3 is 1. The van der Waals surface area contributed by atoms with Gasteiger partial charge in [0.1, 0.15) is 0 Å². The quantitative estimate of drug-likeness (QED) is 0.389. The average Bonchev–Trinajstić information content (AvgIpc) is 2.45. The number of ether oxygens (including phenoxy) is 2. The van der Waals surface area contributed by atoms with E-state index in [0.717, 1.165) is 32.0 Å². The van der Waals surface area contributed by atoms with Gasteiger partial charge in [0.2, 0.25) is 0 Å². The Bertz CT molecular complexity index is 319. The number of nitrogens with zero attached hydrogens (tertiary/aromatic N) is 1. The van der Waals surface area contributed by atoms with E-state index in [-0.39, 0.29) is 5.41 Å². The number of hydrogen-bond donors (Lipinski definition) is 2. The molecule has 1 saturated carbocycles. The molecule has 0 aromatic heterocycles. The van der Waals surface area contributed by atoms with E-state index in [1.165, 1.54) is 6.42 Å². The van der Waals surface area contributed by atoms with Crippen LogP contribution >= 0.6 is 0 Å². The third kappa shape index (κ3) is 5.47. The van der Waals surface area contributed by atoms with Gasteiger partial charge in [-0.05, 0) is 19.8 Å². The van der Waals surface area contributed by atoms with Gasteiger partial charge < -0.3 is 20.1 Å². The molecule has 0 heterocycles. The number of hydrogen-bond acceptors (Lipinski definition) is 3. The minimum absolute atomic E-state index is 0.144. The number of rotatable bonds is 9. The summed E-state index contributed by atoms with van der Waals surface area (Å²) in [6.45, 7) is 11.9. The number of unbranched alkanes of at least 4 members (excludes halogenated alkanes) is 1. The van der Waals surface area contributed by atoms with E-state index in [1.54, 1.807) is 7.11 Å². The molecule has 0 aliphatic heterocycles. The van der Waals surface area contributed by atoms with Crippen LogP contribution in [-0.4, -0.2) is 51.5 Å². The Labute approximate surface area is 129 Å². The Morgan fingerprint density at radius 3 is 2.62 bits per heavy atom. The van der Waals surface area contributed by atoms with Gasteiger partial charge >= 0.3 is 0 Å². The molecule has 0 bridgehead atoms. The molecule has 2 unspecified atom stereocenters. The van der Waals surface area contributed by atoms with Crippen molar-refractivity contribution in [2.75, 3.05) is 33.4 Å². The third-order valence-corrected chi connectivity index (χ3v) is 4.22. The van der Waals surface area contributed by atoms with Crippen LogP contribution in [0.5, 0.6) is 0 Å². The van der Waals surface area contributed by atoms with Crippen LogP contribution in [0.3, 0.4) is 0 Å². The summed E-state index contributed by atoms with van der Waals surface area (Å²) in [6, 6.07) is 0.407. The Morgan fingerprint density at radius 2 is 2.05 bits per heavy atom. The van der Waals surface area contributed by atoms with E-state index in [4.69, 9.17) is 9.47 Å². The molecular formula is C16H33N3O2. The van der Waals surface area contributed by atoms with Crippen LogP contribution in [0.4, 0.5) is 0 Å². The van der Waals surface area contributed by atoms with Crippen molar-refractivity contribution < 1.29 is 9.47 Å². The summed E-state index contributed by atoms with van der Waals surface area (Å²) in [4.78, 5) is 4.52. The number of nitrogens with one attached hydrogen (secondary N) is 2. The highest BCUT2D eigenvalue weighted by Crippen LogP contribution is 2.42. The molecule has 2 N–H and O–H groups in total. The minimum Gasteiger partial charge on any atom is -0.383 e. The second-order valence-electron chi connectivity index (χ2n) is 6.22. The summed E-state index contributed by atoms with van der Waals surface area (Å²) >= 11 is 0. The molecule has 0 aromatic carbocycles. The first-order chi connectivity index (χ1) is 10.1.